The Hall–Kier alpha value is -1.02. The van der Waals surface area contributed by atoms with Gasteiger partial charge in [0.15, 0.2) is 5.96 Å². The number of nitrogens with one attached hydrogen (secondary N) is 1. The van der Waals surface area contributed by atoms with E-state index in [2.05, 4.69) is 24.2 Å². The molecule has 0 heterocycles. The topological polar surface area (TPSA) is 79.9 Å². The Bertz CT molecular complexity index is 453. The summed E-state index contributed by atoms with van der Waals surface area (Å²) in [6.45, 7) is 7.53. The molecular weight excluding hydrogens is 393 g/mol. The van der Waals surface area contributed by atoms with Crippen LogP contribution in [0, 0.1) is 12.8 Å². The molecule has 6 heteroatoms. The largest absolute Gasteiger partial charge is 0.491 e. The van der Waals surface area contributed by atoms with Crippen molar-refractivity contribution in [3.63, 3.8) is 0 Å². The molecule has 0 aliphatic heterocycles. The van der Waals surface area contributed by atoms with Crippen LogP contribution >= 0.6 is 24.0 Å². The minimum atomic E-state index is -0.670. The lowest BCUT2D eigenvalue weighted by Crippen LogP contribution is -2.34. The molecule has 5 nitrogen and oxygen atoms in total. The maximum absolute atomic E-state index is 9.83. The van der Waals surface area contributed by atoms with Gasteiger partial charge in [-0.15, -0.1) is 24.0 Å². The maximum Gasteiger partial charge on any atom is 0.188 e. The summed E-state index contributed by atoms with van der Waals surface area (Å²) in [7, 11) is 0. The van der Waals surface area contributed by atoms with E-state index in [0.717, 1.165) is 24.3 Å². The quantitative estimate of drug-likeness (QED) is 0.342. The van der Waals surface area contributed by atoms with Gasteiger partial charge in [-0.25, -0.2) is 0 Å². The number of halogens is 1. The number of ether oxygens (including phenoxy) is 1. The van der Waals surface area contributed by atoms with Crippen molar-refractivity contribution in [2.45, 2.75) is 33.3 Å². The molecule has 1 rings (SSSR count). The average molecular weight is 421 g/mol. The first-order chi connectivity index (χ1) is 9.97. The molecule has 22 heavy (non-hydrogen) atoms. The van der Waals surface area contributed by atoms with Crippen molar-refractivity contribution in [1.29, 1.82) is 0 Å². The average Bonchev–Trinajstić information content (AvgIpc) is 2.42. The summed E-state index contributed by atoms with van der Waals surface area (Å²) >= 11 is 0. The van der Waals surface area contributed by atoms with Crippen molar-refractivity contribution < 1.29 is 9.84 Å². The van der Waals surface area contributed by atoms with Crippen LogP contribution in [0.15, 0.2) is 29.3 Å². The molecule has 126 valence electrons. The molecule has 1 unspecified atom stereocenters. The number of hydrogen-bond donors (Lipinski definition) is 3. The van der Waals surface area contributed by atoms with Gasteiger partial charge in [0.1, 0.15) is 18.5 Å². The summed E-state index contributed by atoms with van der Waals surface area (Å²) in [6, 6.07) is 7.71. The second-order valence-electron chi connectivity index (χ2n) is 5.62. The number of aryl methyl sites for hydroxylation is 1. The first kappa shape index (κ1) is 21.0. The number of benzene rings is 1. The van der Waals surface area contributed by atoms with E-state index in [1.165, 1.54) is 0 Å². The van der Waals surface area contributed by atoms with Gasteiger partial charge in [0.25, 0.3) is 0 Å². The molecule has 4 N–H and O–H groups in total. The number of nitrogens with two attached hydrogens (primary N) is 1. The van der Waals surface area contributed by atoms with E-state index < -0.39 is 6.10 Å². The molecule has 0 bridgehead atoms. The SMILES string of the molecule is Cc1cccc(OCC(O)CN=C(N)NCCC(C)C)c1.I. The third kappa shape index (κ3) is 9.83. The molecule has 1 atom stereocenters. The van der Waals surface area contributed by atoms with Crippen molar-refractivity contribution in [3.05, 3.63) is 29.8 Å². The highest BCUT2D eigenvalue weighted by atomic mass is 127. The Labute approximate surface area is 150 Å². The summed E-state index contributed by atoms with van der Waals surface area (Å²) in [4.78, 5) is 4.10. The van der Waals surface area contributed by atoms with Gasteiger partial charge in [0.05, 0.1) is 6.54 Å². The minimum absolute atomic E-state index is 0. The molecule has 0 amide bonds. The maximum atomic E-state index is 9.83. The van der Waals surface area contributed by atoms with Gasteiger partial charge >= 0.3 is 0 Å². The molecule has 0 fully saturated rings. The molecule has 1 aromatic rings. The van der Waals surface area contributed by atoms with Gasteiger partial charge in [0, 0.05) is 6.54 Å². The van der Waals surface area contributed by atoms with E-state index in [0.29, 0.717) is 11.9 Å². The summed E-state index contributed by atoms with van der Waals surface area (Å²) in [5, 5.41) is 12.9. The van der Waals surface area contributed by atoms with E-state index in [4.69, 9.17) is 10.5 Å². The zero-order chi connectivity index (χ0) is 15.7. The zero-order valence-corrected chi connectivity index (χ0v) is 15.9. The van der Waals surface area contributed by atoms with Crippen LogP contribution in [-0.4, -0.2) is 36.9 Å². The molecule has 0 aromatic heterocycles. The first-order valence-electron chi connectivity index (χ1n) is 7.38. The smallest absolute Gasteiger partial charge is 0.188 e. The highest BCUT2D eigenvalue weighted by Gasteiger charge is 2.05. The van der Waals surface area contributed by atoms with E-state index >= 15 is 0 Å². The Morgan fingerprint density at radius 2 is 2.14 bits per heavy atom. The van der Waals surface area contributed by atoms with Crippen molar-refractivity contribution in [2.24, 2.45) is 16.6 Å². The first-order valence-corrected chi connectivity index (χ1v) is 7.38. The number of aliphatic hydroxyl groups is 1. The van der Waals surface area contributed by atoms with Gasteiger partial charge in [0.2, 0.25) is 0 Å². The van der Waals surface area contributed by atoms with E-state index in [1.807, 2.05) is 31.2 Å². The van der Waals surface area contributed by atoms with Gasteiger partial charge < -0.3 is 20.9 Å². The van der Waals surface area contributed by atoms with Crippen molar-refractivity contribution >= 4 is 29.9 Å². The number of aliphatic hydroxyl groups excluding tert-OH is 1. The highest BCUT2D eigenvalue weighted by Crippen LogP contribution is 2.12. The monoisotopic (exact) mass is 421 g/mol. The van der Waals surface area contributed by atoms with Crippen LogP contribution in [0.25, 0.3) is 0 Å². The van der Waals surface area contributed by atoms with Crippen LogP contribution < -0.4 is 15.8 Å². The lowest BCUT2D eigenvalue weighted by atomic mass is 10.1. The number of rotatable bonds is 8. The Morgan fingerprint density at radius 1 is 1.41 bits per heavy atom. The predicted octanol–water partition coefficient (Wildman–Crippen LogP) is 2.30. The molecule has 0 spiro atoms. The van der Waals surface area contributed by atoms with Gasteiger partial charge in [-0.1, -0.05) is 26.0 Å². The van der Waals surface area contributed by atoms with Crippen molar-refractivity contribution in [2.75, 3.05) is 19.7 Å². The van der Waals surface area contributed by atoms with Crippen LogP contribution in [0.4, 0.5) is 0 Å². The fourth-order valence-corrected chi connectivity index (χ4v) is 1.70. The standard InChI is InChI=1S/C16H27N3O2.HI/c1-12(2)7-8-18-16(17)19-10-14(20)11-21-15-6-4-5-13(3)9-15;/h4-6,9,12,14,20H,7-8,10-11H2,1-3H3,(H3,17,18,19);1H. The fourth-order valence-electron chi connectivity index (χ4n) is 1.70. The second-order valence-corrected chi connectivity index (χ2v) is 5.62. The predicted molar refractivity (Wildman–Crippen MR) is 102 cm³/mol. The molecule has 0 saturated heterocycles. The van der Waals surface area contributed by atoms with Gasteiger partial charge in [-0.2, -0.15) is 0 Å². The number of guanidine groups is 1. The second kappa shape index (κ2) is 11.5. The van der Waals surface area contributed by atoms with Crippen LogP contribution in [0.3, 0.4) is 0 Å². The van der Waals surface area contributed by atoms with Gasteiger partial charge in [-0.05, 0) is 37.0 Å². The molecule has 0 aliphatic carbocycles. The summed E-state index contributed by atoms with van der Waals surface area (Å²) in [6.07, 6.45) is 0.367. The number of hydrogen-bond acceptors (Lipinski definition) is 3. The Kier molecular flexibility index (Phi) is 11.0. The molecular formula is C16H28IN3O2. The summed E-state index contributed by atoms with van der Waals surface area (Å²) in [5.41, 5.74) is 6.85. The van der Waals surface area contributed by atoms with E-state index in [9.17, 15) is 5.11 Å². The lowest BCUT2D eigenvalue weighted by molar-refractivity contribution is 0.114. The molecule has 1 aromatic carbocycles. The number of aliphatic imine (C=N–C) groups is 1. The minimum Gasteiger partial charge on any atom is -0.491 e. The molecule has 0 aliphatic rings. The van der Waals surface area contributed by atoms with Crippen LogP contribution in [0.1, 0.15) is 25.8 Å². The van der Waals surface area contributed by atoms with Crippen LogP contribution in [0.2, 0.25) is 0 Å². The fraction of sp³-hybridized carbons (Fsp3) is 0.562. The van der Waals surface area contributed by atoms with Crippen molar-refractivity contribution in [3.8, 4) is 5.75 Å². The Balaban J connectivity index is 0.00000441. The lowest BCUT2D eigenvalue weighted by Gasteiger charge is -2.12. The number of nitrogens with zero attached hydrogens (tertiary/aromatic N) is 1. The molecule has 0 radical (unpaired) electrons. The van der Waals surface area contributed by atoms with Gasteiger partial charge in [-0.3, -0.25) is 4.99 Å². The normalized spacial score (nSPS) is 12.7. The third-order valence-electron chi connectivity index (χ3n) is 2.93. The van der Waals surface area contributed by atoms with Crippen molar-refractivity contribution in [1.82, 2.24) is 5.32 Å². The van der Waals surface area contributed by atoms with E-state index in [1.54, 1.807) is 0 Å². The Morgan fingerprint density at radius 3 is 2.77 bits per heavy atom. The third-order valence-corrected chi connectivity index (χ3v) is 2.93. The summed E-state index contributed by atoms with van der Waals surface area (Å²) < 4.78 is 5.51. The summed E-state index contributed by atoms with van der Waals surface area (Å²) in [5.74, 6) is 1.74. The zero-order valence-electron chi connectivity index (χ0n) is 13.6. The molecule has 0 saturated carbocycles. The van der Waals surface area contributed by atoms with Crippen LogP contribution in [0.5, 0.6) is 5.75 Å². The van der Waals surface area contributed by atoms with Crippen LogP contribution in [-0.2, 0) is 0 Å². The van der Waals surface area contributed by atoms with E-state index in [-0.39, 0.29) is 37.1 Å². The highest BCUT2D eigenvalue weighted by molar-refractivity contribution is 14.0.